The van der Waals surface area contributed by atoms with E-state index < -0.39 is 0 Å². The van der Waals surface area contributed by atoms with E-state index in [0.29, 0.717) is 17.7 Å². The topological polar surface area (TPSA) is 68.3 Å². The zero-order valence-corrected chi connectivity index (χ0v) is 18.2. The number of rotatable bonds is 6. The predicted molar refractivity (Wildman–Crippen MR) is 120 cm³/mol. The third-order valence-corrected chi connectivity index (χ3v) is 6.12. The first-order chi connectivity index (χ1) is 14.5. The summed E-state index contributed by atoms with van der Waals surface area (Å²) < 4.78 is 4.43. The summed E-state index contributed by atoms with van der Waals surface area (Å²) in [4.78, 5) is 33.7. The number of anilines is 1. The minimum absolute atomic E-state index is 0.289. The molecule has 0 bridgehead atoms. The Labute approximate surface area is 179 Å². The summed E-state index contributed by atoms with van der Waals surface area (Å²) in [5.41, 5.74) is 1.48. The number of imidazole rings is 1. The van der Waals surface area contributed by atoms with Gasteiger partial charge in [0.25, 0.3) is 5.56 Å². The molecular weight excluding hydrogens is 404 g/mol. The molecule has 0 saturated carbocycles. The number of halogens is 1. The van der Waals surface area contributed by atoms with Gasteiger partial charge in [-0.15, -0.1) is 0 Å². The molecule has 3 aromatic rings. The van der Waals surface area contributed by atoms with Crippen molar-refractivity contribution in [2.24, 2.45) is 14.1 Å². The average molecular weight is 431 g/mol. The summed E-state index contributed by atoms with van der Waals surface area (Å²) in [6.07, 6.45) is 3.66. The van der Waals surface area contributed by atoms with Crippen molar-refractivity contribution in [3.63, 3.8) is 0 Å². The highest BCUT2D eigenvalue weighted by Crippen LogP contribution is 2.20. The summed E-state index contributed by atoms with van der Waals surface area (Å²) in [6, 6.07) is 8.03. The number of aromatic nitrogens is 4. The van der Waals surface area contributed by atoms with Crippen LogP contribution in [0.3, 0.4) is 0 Å². The zero-order chi connectivity index (χ0) is 21.3. The van der Waals surface area contributed by atoms with Crippen LogP contribution in [0.15, 0.2) is 40.2 Å². The van der Waals surface area contributed by atoms with Crippen molar-refractivity contribution in [2.45, 2.75) is 19.4 Å². The SMILES string of the molecule is Cn1c(=O)c2c(ncn2CCCCN2CCN(c3cccc(Cl)c3)CC2)n(C)c1=O. The predicted octanol–water partition coefficient (Wildman–Crippen LogP) is 1.69. The van der Waals surface area contributed by atoms with E-state index in [-0.39, 0.29) is 11.2 Å². The van der Waals surface area contributed by atoms with Crippen molar-refractivity contribution < 1.29 is 0 Å². The van der Waals surface area contributed by atoms with E-state index in [4.69, 9.17) is 11.6 Å². The van der Waals surface area contributed by atoms with Gasteiger partial charge in [0.15, 0.2) is 11.2 Å². The lowest BCUT2D eigenvalue weighted by Crippen LogP contribution is -2.46. The third kappa shape index (κ3) is 4.02. The van der Waals surface area contributed by atoms with Crippen LogP contribution in [0.4, 0.5) is 5.69 Å². The maximum absolute atomic E-state index is 12.5. The van der Waals surface area contributed by atoms with Crippen molar-refractivity contribution in [3.8, 4) is 0 Å². The zero-order valence-electron chi connectivity index (χ0n) is 17.4. The number of unbranched alkanes of at least 4 members (excludes halogenated alkanes) is 1. The minimum atomic E-state index is -0.352. The van der Waals surface area contributed by atoms with E-state index in [9.17, 15) is 9.59 Å². The third-order valence-electron chi connectivity index (χ3n) is 5.89. The van der Waals surface area contributed by atoms with Gasteiger partial charge in [0.1, 0.15) is 0 Å². The molecule has 4 rings (SSSR count). The lowest BCUT2D eigenvalue weighted by Gasteiger charge is -2.36. The molecule has 30 heavy (non-hydrogen) atoms. The van der Waals surface area contributed by atoms with Crippen LogP contribution in [0.2, 0.25) is 5.02 Å². The minimum Gasteiger partial charge on any atom is -0.369 e. The molecule has 0 N–H and O–H groups in total. The molecule has 1 aromatic carbocycles. The van der Waals surface area contributed by atoms with Crippen molar-refractivity contribution in [1.82, 2.24) is 23.6 Å². The van der Waals surface area contributed by atoms with Crippen molar-refractivity contribution in [2.75, 3.05) is 37.6 Å². The molecule has 1 aliphatic rings. The molecule has 1 saturated heterocycles. The lowest BCUT2D eigenvalue weighted by atomic mass is 10.2. The molecule has 0 atom stereocenters. The van der Waals surface area contributed by atoms with Crippen molar-refractivity contribution in [3.05, 3.63) is 56.5 Å². The molecule has 160 valence electrons. The first-order valence-electron chi connectivity index (χ1n) is 10.3. The van der Waals surface area contributed by atoms with Crippen molar-refractivity contribution >= 4 is 28.5 Å². The van der Waals surface area contributed by atoms with Gasteiger partial charge in [0, 0.05) is 57.5 Å². The number of hydrogen-bond donors (Lipinski definition) is 0. The molecule has 0 spiro atoms. The van der Waals surface area contributed by atoms with Crippen LogP contribution in [0.1, 0.15) is 12.8 Å². The highest BCUT2D eigenvalue weighted by Gasteiger charge is 2.17. The van der Waals surface area contributed by atoms with Crippen LogP contribution in [0.5, 0.6) is 0 Å². The Morgan fingerprint density at radius 3 is 2.47 bits per heavy atom. The molecule has 9 heteroatoms. The molecule has 0 aliphatic carbocycles. The van der Waals surface area contributed by atoms with E-state index in [1.807, 2.05) is 22.8 Å². The van der Waals surface area contributed by atoms with E-state index in [1.165, 1.54) is 17.3 Å². The summed E-state index contributed by atoms with van der Waals surface area (Å²) in [5, 5.41) is 0.775. The first-order valence-corrected chi connectivity index (χ1v) is 10.7. The second-order valence-corrected chi connectivity index (χ2v) is 8.27. The molecule has 0 radical (unpaired) electrons. The lowest BCUT2D eigenvalue weighted by molar-refractivity contribution is 0.251. The smallest absolute Gasteiger partial charge is 0.332 e. The standard InChI is InChI=1S/C21H27ClN6O2/c1-24-19-18(20(29)25(2)21(24)30)28(15-23-19)9-4-3-8-26-10-12-27(13-11-26)17-7-5-6-16(22)14-17/h5-7,14-15H,3-4,8-13H2,1-2H3. The fraction of sp³-hybridized carbons (Fsp3) is 0.476. The Balaban J connectivity index is 1.29. The number of nitrogens with zero attached hydrogens (tertiary/aromatic N) is 6. The summed E-state index contributed by atoms with van der Waals surface area (Å²) in [5.74, 6) is 0. The fourth-order valence-corrected chi connectivity index (χ4v) is 4.27. The number of piperazine rings is 1. The van der Waals surface area contributed by atoms with Crippen LogP contribution < -0.4 is 16.1 Å². The first kappa shape index (κ1) is 20.7. The van der Waals surface area contributed by atoms with E-state index in [2.05, 4.69) is 20.9 Å². The monoisotopic (exact) mass is 430 g/mol. The van der Waals surface area contributed by atoms with Crippen LogP contribution in [0, 0.1) is 0 Å². The van der Waals surface area contributed by atoms with Gasteiger partial charge in [-0.1, -0.05) is 17.7 Å². The van der Waals surface area contributed by atoms with Gasteiger partial charge in [-0.25, -0.2) is 9.78 Å². The maximum atomic E-state index is 12.5. The van der Waals surface area contributed by atoms with E-state index >= 15 is 0 Å². The van der Waals surface area contributed by atoms with Crippen LogP contribution in [-0.4, -0.2) is 56.3 Å². The highest BCUT2D eigenvalue weighted by atomic mass is 35.5. The molecule has 2 aromatic heterocycles. The molecule has 0 amide bonds. The van der Waals surface area contributed by atoms with Crippen molar-refractivity contribution in [1.29, 1.82) is 0 Å². The summed E-state index contributed by atoms with van der Waals surface area (Å²) >= 11 is 6.11. The summed E-state index contributed by atoms with van der Waals surface area (Å²) in [6.45, 7) is 5.80. The van der Waals surface area contributed by atoms with Gasteiger partial charge in [-0.05, 0) is 37.6 Å². The van der Waals surface area contributed by atoms with Gasteiger partial charge in [0.2, 0.25) is 0 Å². The van der Waals surface area contributed by atoms with Gasteiger partial charge in [-0.3, -0.25) is 18.8 Å². The molecular formula is C21H27ClN6O2. The number of fused-ring (bicyclic) bond motifs is 1. The Morgan fingerprint density at radius 2 is 1.73 bits per heavy atom. The van der Waals surface area contributed by atoms with Crippen LogP contribution in [-0.2, 0) is 20.6 Å². The van der Waals surface area contributed by atoms with Gasteiger partial charge in [-0.2, -0.15) is 0 Å². The van der Waals surface area contributed by atoms with E-state index in [0.717, 1.165) is 55.2 Å². The Morgan fingerprint density at radius 1 is 1.00 bits per heavy atom. The number of aryl methyl sites for hydroxylation is 2. The molecule has 1 fully saturated rings. The van der Waals surface area contributed by atoms with E-state index in [1.54, 1.807) is 13.4 Å². The van der Waals surface area contributed by atoms with Crippen LogP contribution in [0.25, 0.3) is 11.2 Å². The quantitative estimate of drug-likeness (QED) is 0.557. The van der Waals surface area contributed by atoms with Gasteiger partial charge < -0.3 is 9.47 Å². The fourth-order valence-electron chi connectivity index (χ4n) is 4.09. The molecule has 8 nitrogen and oxygen atoms in total. The Hall–Kier alpha value is -2.58. The molecule has 0 unspecified atom stereocenters. The van der Waals surface area contributed by atoms with Gasteiger partial charge >= 0.3 is 5.69 Å². The maximum Gasteiger partial charge on any atom is 0.332 e. The second-order valence-electron chi connectivity index (χ2n) is 7.83. The number of benzene rings is 1. The van der Waals surface area contributed by atoms with Gasteiger partial charge in [0.05, 0.1) is 6.33 Å². The van der Waals surface area contributed by atoms with Crippen LogP contribution >= 0.6 is 11.6 Å². The molecule has 1 aliphatic heterocycles. The molecule has 3 heterocycles. The Kier molecular flexibility index (Phi) is 5.97. The second kappa shape index (κ2) is 8.65. The largest absolute Gasteiger partial charge is 0.369 e. The average Bonchev–Trinajstić information content (AvgIpc) is 3.18. The highest BCUT2D eigenvalue weighted by molar-refractivity contribution is 6.30. The summed E-state index contributed by atoms with van der Waals surface area (Å²) in [7, 11) is 3.15. The number of hydrogen-bond acceptors (Lipinski definition) is 5. The Bertz CT molecular complexity index is 1160. The normalized spacial score (nSPS) is 15.2.